The minimum Gasteiger partial charge on any atom is -0.496 e. The molecule has 0 saturated heterocycles. The molecular formula is C20H23BrN2O3S. The molecule has 0 aromatic heterocycles. The number of methoxy groups -OCH3 is 1. The maximum absolute atomic E-state index is 12.4. The number of amides is 1. The molecule has 2 N–H and O–H groups in total. The van der Waals surface area contributed by atoms with Gasteiger partial charge in [0.1, 0.15) is 11.5 Å². The van der Waals surface area contributed by atoms with Gasteiger partial charge in [0.25, 0.3) is 5.91 Å². The first-order valence-electron chi connectivity index (χ1n) is 8.57. The Hall–Kier alpha value is -2.12. The fourth-order valence-electron chi connectivity index (χ4n) is 2.24. The minimum absolute atomic E-state index is 0.204. The van der Waals surface area contributed by atoms with Crippen molar-refractivity contribution in [2.24, 2.45) is 5.92 Å². The molecule has 0 spiro atoms. The summed E-state index contributed by atoms with van der Waals surface area (Å²) in [7, 11) is 1.52. The molecule has 1 amide bonds. The summed E-state index contributed by atoms with van der Waals surface area (Å²) in [5.41, 5.74) is 1.16. The lowest BCUT2D eigenvalue weighted by Crippen LogP contribution is -2.34. The van der Waals surface area contributed by atoms with Gasteiger partial charge in [-0.1, -0.05) is 29.8 Å². The zero-order chi connectivity index (χ0) is 19.8. The smallest absolute Gasteiger partial charge is 0.261 e. The normalized spacial score (nSPS) is 10.4. The van der Waals surface area contributed by atoms with Crippen LogP contribution in [0.2, 0.25) is 0 Å². The molecule has 0 saturated carbocycles. The summed E-state index contributed by atoms with van der Waals surface area (Å²) in [4.78, 5) is 12.4. The van der Waals surface area contributed by atoms with E-state index in [1.165, 1.54) is 7.11 Å². The molecule has 2 rings (SSSR count). The highest BCUT2D eigenvalue weighted by atomic mass is 79.9. The quantitative estimate of drug-likeness (QED) is 0.580. The number of carbonyl (C=O) groups excluding carboxylic acids is 1. The molecule has 0 aliphatic rings. The van der Waals surface area contributed by atoms with Gasteiger partial charge < -0.3 is 14.8 Å². The SMILES string of the molecule is COc1ccc(Br)cc1C(=O)NC(=S)Nc1ccc(OCCC(C)C)cc1. The third-order valence-corrected chi connectivity index (χ3v) is 4.41. The molecule has 0 aliphatic heterocycles. The molecule has 0 radical (unpaired) electrons. The van der Waals surface area contributed by atoms with E-state index in [1.54, 1.807) is 18.2 Å². The number of nitrogens with one attached hydrogen (secondary N) is 2. The average Bonchev–Trinajstić information content (AvgIpc) is 2.62. The molecule has 0 fully saturated rings. The van der Waals surface area contributed by atoms with Gasteiger partial charge in [0, 0.05) is 10.2 Å². The molecule has 5 nitrogen and oxygen atoms in total. The second-order valence-corrected chi connectivity index (χ2v) is 7.63. The van der Waals surface area contributed by atoms with Gasteiger partial charge in [0.05, 0.1) is 19.3 Å². The number of benzene rings is 2. The van der Waals surface area contributed by atoms with Crippen molar-refractivity contribution in [1.29, 1.82) is 0 Å². The Balaban J connectivity index is 1.92. The second kappa shape index (κ2) is 10.3. The van der Waals surface area contributed by atoms with Gasteiger partial charge >= 0.3 is 0 Å². The van der Waals surface area contributed by atoms with Crippen molar-refractivity contribution in [3.63, 3.8) is 0 Å². The van der Waals surface area contributed by atoms with Crippen LogP contribution in [-0.4, -0.2) is 24.7 Å². The molecule has 0 bridgehead atoms. The van der Waals surface area contributed by atoms with E-state index >= 15 is 0 Å². The number of carbonyl (C=O) groups is 1. The maximum atomic E-state index is 12.4. The first-order chi connectivity index (χ1) is 12.9. The number of hydrogen-bond acceptors (Lipinski definition) is 4. The maximum Gasteiger partial charge on any atom is 0.261 e. The summed E-state index contributed by atoms with van der Waals surface area (Å²) in [6.07, 6.45) is 1.01. The van der Waals surface area contributed by atoms with E-state index in [-0.39, 0.29) is 11.0 Å². The third-order valence-electron chi connectivity index (χ3n) is 3.71. The number of thiocarbonyl (C=S) groups is 1. The number of rotatable bonds is 7. The molecular weight excluding hydrogens is 428 g/mol. The number of anilines is 1. The van der Waals surface area contributed by atoms with Crippen LogP contribution >= 0.6 is 28.1 Å². The molecule has 0 heterocycles. The van der Waals surface area contributed by atoms with Crippen LogP contribution in [0.15, 0.2) is 46.9 Å². The Morgan fingerprint density at radius 1 is 1.19 bits per heavy atom. The molecule has 0 atom stereocenters. The van der Waals surface area contributed by atoms with Gasteiger partial charge in [-0.25, -0.2) is 0 Å². The predicted molar refractivity (Wildman–Crippen MR) is 116 cm³/mol. The Kier molecular flexibility index (Phi) is 8.06. The highest BCUT2D eigenvalue weighted by Gasteiger charge is 2.14. The third kappa shape index (κ3) is 6.84. The highest BCUT2D eigenvalue weighted by Crippen LogP contribution is 2.23. The molecule has 27 heavy (non-hydrogen) atoms. The lowest BCUT2D eigenvalue weighted by atomic mass is 10.1. The second-order valence-electron chi connectivity index (χ2n) is 6.31. The van der Waals surface area contributed by atoms with Crippen LogP contribution in [-0.2, 0) is 0 Å². The van der Waals surface area contributed by atoms with E-state index in [4.69, 9.17) is 21.7 Å². The van der Waals surface area contributed by atoms with Crippen LogP contribution in [0.5, 0.6) is 11.5 Å². The lowest BCUT2D eigenvalue weighted by molar-refractivity contribution is 0.0974. The molecule has 2 aromatic rings. The van der Waals surface area contributed by atoms with Crippen molar-refractivity contribution in [1.82, 2.24) is 5.32 Å². The van der Waals surface area contributed by atoms with Crippen LogP contribution in [0.3, 0.4) is 0 Å². The molecule has 0 aliphatic carbocycles. The van der Waals surface area contributed by atoms with Gasteiger partial charge in [-0.2, -0.15) is 0 Å². The fourth-order valence-corrected chi connectivity index (χ4v) is 2.81. The summed E-state index contributed by atoms with van der Waals surface area (Å²) in [6.45, 7) is 5.01. The van der Waals surface area contributed by atoms with E-state index in [9.17, 15) is 4.79 Å². The van der Waals surface area contributed by atoms with Crippen LogP contribution in [0.25, 0.3) is 0 Å². The summed E-state index contributed by atoms with van der Waals surface area (Å²) in [6, 6.07) is 12.6. The highest BCUT2D eigenvalue weighted by molar-refractivity contribution is 9.10. The first-order valence-corrected chi connectivity index (χ1v) is 9.78. The summed E-state index contributed by atoms with van der Waals surface area (Å²) in [5, 5.41) is 5.85. The average molecular weight is 451 g/mol. The molecule has 7 heteroatoms. The van der Waals surface area contributed by atoms with Crippen LogP contribution in [0, 0.1) is 5.92 Å². The van der Waals surface area contributed by atoms with Gasteiger partial charge in [0.2, 0.25) is 0 Å². The van der Waals surface area contributed by atoms with Crippen molar-refractivity contribution in [2.75, 3.05) is 19.0 Å². The van der Waals surface area contributed by atoms with E-state index in [2.05, 4.69) is 40.4 Å². The zero-order valence-corrected chi connectivity index (χ0v) is 17.9. The fraction of sp³-hybridized carbons (Fsp3) is 0.300. The topological polar surface area (TPSA) is 59.6 Å². The van der Waals surface area contributed by atoms with E-state index in [1.807, 2.05) is 24.3 Å². The van der Waals surface area contributed by atoms with Crippen molar-refractivity contribution in [2.45, 2.75) is 20.3 Å². The number of halogens is 1. The van der Waals surface area contributed by atoms with E-state index in [0.717, 1.165) is 22.3 Å². The first kappa shape index (κ1) is 21.2. The molecule has 0 unspecified atom stereocenters. The molecule has 144 valence electrons. The number of hydrogen-bond donors (Lipinski definition) is 2. The lowest BCUT2D eigenvalue weighted by Gasteiger charge is -2.13. The van der Waals surface area contributed by atoms with E-state index < -0.39 is 0 Å². The standard InChI is InChI=1S/C20H23BrN2O3S/c1-13(2)10-11-26-16-7-5-15(6-8-16)22-20(27)23-19(24)17-12-14(21)4-9-18(17)25-3/h4-9,12-13H,10-11H2,1-3H3,(H2,22,23,24,27). The summed E-state index contributed by atoms with van der Waals surface area (Å²) >= 11 is 8.58. The molecule has 2 aromatic carbocycles. The Labute approximate surface area is 173 Å². The van der Waals surface area contributed by atoms with Crippen molar-refractivity contribution in [3.05, 3.63) is 52.5 Å². The minimum atomic E-state index is -0.348. The largest absolute Gasteiger partial charge is 0.496 e. The summed E-state index contributed by atoms with van der Waals surface area (Å²) < 4.78 is 11.7. The Morgan fingerprint density at radius 3 is 2.52 bits per heavy atom. The van der Waals surface area contributed by atoms with Crippen LogP contribution < -0.4 is 20.1 Å². The van der Waals surface area contributed by atoms with Crippen LogP contribution in [0.1, 0.15) is 30.6 Å². The van der Waals surface area contributed by atoms with Crippen molar-refractivity contribution < 1.29 is 14.3 Å². The monoisotopic (exact) mass is 450 g/mol. The van der Waals surface area contributed by atoms with Gasteiger partial charge in [0.15, 0.2) is 5.11 Å². The Morgan fingerprint density at radius 2 is 1.89 bits per heavy atom. The number of ether oxygens (including phenoxy) is 2. The summed E-state index contributed by atoms with van der Waals surface area (Å²) in [5.74, 6) is 1.53. The van der Waals surface area contributed by atoms with Gasteiger partial charge in [-0.05, 0) is 67.0 Å². The predicted octanol–water partition coefficient (Wildman–Crippen LogP) is 5.01. The Bertz CT molecular complexity index is 794. The zero-order valence-electron chi connectivity index (χ0n) is 15.5. The van der Waals surface area contributed by atoms with Crippen molar-refractivity contribution >= 4 is 44.9 Å². The van der Waals surface area contributed by atoms with E-state index in [0.29, 0.717) is 23.8 Å². The van der Waals surface area contributed by atoms with Crippen LogP contribution in [0.4, 0.5) is 5.69 Å². The van der Waals surface area contributed by atoms with Crippen molar-refractivity contribution in [3.8, 4) is 11.5 Å². The van der Waals surface area contributed by atoms with Gasteiger partial charge in [-0.15, -0.1) is 0 Å². The van der Waals surface area contributed by atoms with Gasteiger partial charge in [-0.3, -0.25) is 10.1 Å².